The molecule has 87 valence electrons. The van der Waals surface area contributed by atoms with E-state index >= 15 is 0 Å². The summed E-state index contributed by atoms with van der Waals surface area (Å²) in [5.41, 5.74) is 0. The standard InChI is InChI=1S/C14H25O/c1-4-10-13(2)11-8-6-5-7-9-12-14(3)15/h4,13H,1,3,5-12H2,2H3/t13-/m0/s1. The molecule has 1 heteroatoms. The van der Waals surface area contributed by atoms with Gasteiger partial charge in [0.1, 0.15) is 5.78 Å². The fourth-order valence-electron chi connectivity index (χ4n) is 1.75. The Kier molecular flexibility index (Phi) is 9.55. The van der Waals surface area contributed by atoms with Crippen molar-refractivity contribution in [3.63, 3.8) is 0 Å². The molecular formula is C14H25O. The first-order chi connectivity index (χ1) is 7.16. The fraction of sp³-hybridized carbons (Fsp3) is 0.714. The number of hydrogen-bond donors (Lipinski definition) is 0. The molecule has 15 heavy (non-hydrogen) atoms. The van der Waals surface area contributed by atoms with Crippen molar-refractivity contribution in [3.8, 4) is 0 Å². The van der Waals surface area contributed by atoms with Gasteiger partial charge < -0.3 is 0 Å². The summed E-state index contributed by atoms with van der Waals surface area (Å²) in [4.78, 5) is 10.6. The number of carbonyl (C=O) groups is 1. The number of unbranched alkanes of at least 4 members (excludes halogenated alkanes) is 4. The average Bonchev–Trinajstić information content (AvgIpc) is 2.16. The van der Waals surface area contributed by atoms with Crippen LogP contribution in [0, 0.1) is 12.8 Å². The maximum Gasteiger partial charge on any atom is 0.133 e. The van der Waals surface area contributed by atoms with E-state index in [-0.39, 0.29) is 5.78 Å². The molecule has 0 saturated heterocycles. The van der Waals surface area contributed by atoms with E-state index in [0.717, 1.165) is 18.8 Å². The van der Waals surface area contributed by atoms with E-state index in [1.54, 1.807) is 0 Å². The van der Waals surface area contributed by atoms with E-state index in [1.165, 1.54) is 32.1 Å². The highest BCUT2D eigenvalue weighted by Crippen LogP contribution is 2.14. The summed E-state index contributed by atoms with van der Waals surface area (Å²) in [6.45, 7) is 9.40. The van der Waals surface area contributed by atoms with Gasteiger partial charge in [0.15, 0.2) is 0 Å². The number of ketones is 1. The molecule has 0 aromatic rings. The van der Waals surface area contributed by atoms with Gasteiger partial charge in [-0.1, -0.05) is 45.1 Å². The van der Waals surface area contributed by atoms with Crippen LogP contribution in [0.15, 0.2) is 12.7 Å². The number of rotatable bonds is 10. The second kappa shape index (κ2) is 9.95. The quantitative estimate of drug-likeness (QED) is 0.386. The van der Waals surface area contributed by atoms with Crippen LogP contribution in [-0.2, 0) is 4.79 Å². The van der Waals surface area contributed by atoms with Gasteiger partial charge in [0.2, 0.25) is 0 Å². The van der Waals surface area contributed by atoms with Gasteiger partial charge in [-0.2, -0.15) is 0 Å². The summed E-state index contributed by atoms with van der Waals surface area (Å²) in [6, 6.07) is 0. The molecule has 0 rings (SSSR count). The predicted molar refractivity (Wildman–Crippen MR) is 66.7 cm³/mol. The van der Waals surface area contributed by atoms with Gasteiger partial charge >= 0.3 is 0 Å². The third kappa shape index (κ3) is 11.3. The van der Waals surface area contributed by atoms with Crippen molar-refractivity contribution in [1.29, 1.82) is 0 Å². The lowest BCUT2D eigenvalue weighted by molar-refractivity contribution is -0.114. The maximum atomic E-state index is 10.6. The molecule has 0 aliphatic heterocycles. The molecule has 0 aliphatic rings. The van der Waals surface area contributed by atoms with Crippen LogP contribution in [0.1, 0.15) is 58.3 Å². The van der Waals surface area contributed by atoms with E-state index in [2.05, 4.69) is 20.4 Å². The van der Waals surface area contributed by atoms with Crippen LogP contribution in [0.2, 0.25) is 0 Å². The first kappa shape index (κ1) is 14.4. The lowest BCUT2D eigenvalue weighted by atomic mass is 9.99. The van der Waals surface area contributed by atoms with Crippen molar-refractivity contribution in [3.05, 3.63) is 19.6 Å². The van der Waals surface area contributed by atoms with Crippen LogP contribution in [0.3, 0.4) is 0 Å². The summed E-state index contributed by atoms with van der Waals surface area (Å²) < 4.78 is 0. The minimum Gasteiger partial charge on any atom is -0.300 e. The number of allylic oxidation sites excluding steroid dienone is 1. The van der Waals surface area contributed by atoms with Gasteiger partial charge in [0.25, 0.3) is 0 Å². The van der Waals surface area contributed by atoms with Crippen LogP contribution in [0.5, 0.6) is 0 Å². The third-order valence-corrected chi connectivity index (χ3v) is 2.72. The summed E-state index contributed by atoms with van der Waals surface area (Å²) >= 11 is 0. The average molecular weight is 209 g/mol. The maximum absolute atomic E-state index is 10.6. The van der Waals surface area contributed by atoms with Crippen LogP contribution in [0.25, 0.3) is 0 Å². The first-order valence-corrected chi connectivity index (χ1v) is 6.12. The summed E-state index contributed by atoms with van der Waals surface area (Å²) in [5, 5.41) is 0. The van der Waals surface area contributed by atoms with Crippen molar-refractivity contribution in [2.24, 2.45) is 5.92 Å². The molecule has 0 spiro atoms. The van der Waals surface area contributed by atoms with Gasteiger partial charge in [-0.05, 0) is 18.8 Å². The zero-order chi connectivity index (χ0) is 11.5. The molecule has 1 nitrogen and oxygen atoms in total. The number of carbonyl (C=O) groups excluding carboxylic acids is 1. The SMILES string of the molecule is [CH2]C(=O)CCCCCCC[C@@H](C)CC=C. The minimum atomic E-state index is 0.0783. The van der Waals surface area contributed by atoms with Crippen molar-refractivity contribution >= 4 is 5.78 Å². The second-order valence-electron chi connectivity index (χ2n) is 4.47. The Morgan fingerprint density at radius 1 is 1.20 bits per heavy atom. The lowest BCUT2D eigenvalue weighted by Crippen LogP contribution is -1.93. The number of hydrogen-bond acceptors (Lipinski definition) is 1. The van der Waals surface area contributed by atoms with E-state index in [4.69, 9.17) is 0 Å². The molecule has 0 saturated carbocycles. The summed E-state index contributed by atoms with van der Waals surface area (Å²) in [5.74, 6) is 0.860. The molecule has 0 aromatic carbocycles. The molecule has 0 N–H and O–H groups in total. The topological polar surface area (TPSA) is 17.1 Å². The second-order valence-corrected chi connectivity index (χ2v) is 4.47. The summed E-state index contributed by atoms with van der Waals surface area (Å²) in [7, 11) is 0. The molecule has 1 atom stereocenters. The van der Waals surface area contributed by atoms with E-state index in [0.29, 0.717) is 6.42 Å². The van der Waals surface area contributed by atoms with Crippen LogP contribution >= 0.6 is 0 Å². The largest absolute Gasteiger partial charge is 0.300 e. The Morgan fingerprint density at radius 2 is 1.80 bits per heavy atom. The molecule has 0 aliphatic carbocycles. The Balaban J connectivity index is 3.10. The zero-order valence-electron chi connectivity index (χ0n) is 10.1. The number of Topliss-reactive ketones (excluding diaryl/α,β-unsaturated/α-hetero) is 1. The smallest absolute Gasteiger partial charge is 0.133 e. The molecule has 0 fully saturated rings. The molecule has 0 unspecified atom stereocenters. The van der Waals surface area contributed by atoms with Gasteiger partial charge in [0, 0.05) is 13.3 Å². The van der Waals surface area contributed by atoms with Crippen molar-refractivity contribution in [2.75, 3.05) is 0 Å². The molecule has 0 amide bonds. The van der Waals surface area contributed by atoms with Gasteiger partial charge in [-0.3, -0.25) is 4.79 Å². The molecule has 0 bridgehead atoms. The van der Waals surface area contributed by atoms with E-state index < -0.39 is 0 Å². The highest BCUT2D eigenvalue weighted by molar-refractivity contribution is 5.82. The molecule has 1 radical (unpaired) electrons. The predicted octanol–water partition coefficient (Wildman–Crippen LogP) is 4.33. The Bertz CT molecular complexity index is 172. The Morgan fingerprint density at radius 3 is 2.40 bits per heavy atom. The summed E-state index contributed by atoms with van der Waals surface area (Å²) in [6.07, 6.45) is 11.2. The lowest BCUT2D eigenvalue weighted by Gasteiger charge is -2.07. The zero-order valence-corrected chi connectivity index (χ0v) is 10.1. The van der Waals surface area contributed by atoms with Gasteiger partial charge in [0.05, 0.1) is 0 Å². The third-order valence-electron chi connectivity index (χ3n) is 2.72. The minimum absolute atomic E-state index is 0.0783. The highest BCUT2D eigenvalue weighted by Gasteiger charge is 1.99. The fourth-order valence-corrected chi connectivity index (χ4v) is 1.75. The van der Waals surface area contributed by atoms with E-state index in [9.17, 15) is 4.79 Å². The molecular weight excluding hydrogens is 184 g/mol. The van der Waals surface area contributed by atoms with Crippen molar-refractivity contribution in [2.45, 2.75) is 58.3 Å². The molecule has 0 heterocycles. The first-order valence-electron chi connectivity index (χ1n) is 6.12. The normalized spacial score (nSPS) is 12.4. The van der Waals surface area contributed by atoms with Gasteiger partial charge in [-0.15, -0.1) is 6.58 Å². The van der Waals surface area contributed by atoms with Crippen LogP contribution < -0.4 is 0 Å². The highest BCUT2D eigenvalue weighted by atomic mass is 16.1. The Hall–Kier alpha value is -0.590. The Labute approximate surface area is 95.0 Å². The van der Waals surface area contributed by atoms with Gasteiger partial charge in [-0.25, -0.2) is 0 Å². The van der Waals surface area contributed by atoms with Crippen molar-refractivity contribution in [1.82, 2.24) is 0 Å². The van der Waals surface area contributed by atoms with Crippen LogP contribution in [-0.4, -0.2) is 5.78 Å². The monoisotopic (exact) mass is 209 g/mol. The molecule has 0 aromatic heterocycles. The van der Waals surface area contributed by atoms with Crippen LogP contribution in [0.4, 0.5) is 0 Å². The van der Waals surface area contributed by atoms with E-state index in [1.807, 2.05) is 6.08 Å². The van der Waals surface area contributed by atoms with Crippen molar-refractivity contribution < 1.29 is 4.79 Å².